The lowest BCUT2D eigenvalue weighted by atomic mass is 9.78. The van der Waals surface area contributed by atoms with Crippen molar-refractivity contribution < 1.29 is 38.8 Å². The van der Waals surface area contributed by atoms with Crippen LogP contribution in [0.2, 0.25) is 0 Å². The van der Waals surface area contributed by atoms with Gasteiger partial charge >= 0.3 is 18.2 Å². The summed E-state index contributed by atoms with van der Waals surface area (Å²) in [5, 5.41) is 26.2. The minimum Gasteiger partial charge on any atom is -0.464 e. The molecule has 1 heterocycles. The third-order valence-electron chi connectivity index (χ3n) is 11.1. The summed E-state index contributed by atoms with van der Waals surface area (Å²) in [5.74, 6) is -0.541. The van der Waals surface area contributed by atoms with Crippen molar-refractivity contribution in [3.8, 4) is 0 Å². The zero-order valence-electron chi connectivity index (χ0n) is 33.3. The van der Waals surface area contributed by atoms with Crippen molar-refractivity contribution in [3.63, 3.8) is 0 Å². The Bertz CT molecular complexity index is 1370. The Hall–Kier alpha value is -3.63. The van der Waals surface area contributed by atoms with Gasteiger partial charge in [0.15, 0.2) is 6.23 Å². The molecule has 4 N–H and O–H groups in total. The molecule has 3 rings (SSSR count). The van der Waals surface area contributed by atoms with Gasteiger partial charge in [0.1, 0.15) is 5.54 Å². The summed E-state index contributed by atoms with van der Waals surface area (Å²) in [4.78, 5) is 39.3. The largest absolute Gasteiger partial charge is 0.464 e. The van der Waals surface area contributed by atoms with E-state index in [1.54, 1.807) is 0 Å². The van der Waals surface area contributed by atoms with Crippen LogP contribution in [0.5, 0.6) is 0 Å². The number of nitrogens with one attached hydrogen (secondary N) is 2. The fourth-order valence-electron chi connectivity index (χ4n) is 7.33. The van der Waals surface area contributed by atoms with Crippen LogP contribution >= 0.6 is 0 Å². The maximum atomic E-state index is 13.6. The van der Waals surface area contributed by atoms with Gasteiger partial charge in [-0.15, -0.1) is 0 Å². The molecule has 1 aliphatic rings. The molecular weight excluding hydrogens is 684 g/mol. The van der Waals surface area contributed by atoms with Crippen LogP contribution in [0.25, 0.3) is 0 Å². The van der Waals surface area contributed by atoms with Crippen molar-refractivity contribution in [2.75, 3.05) is 26.9 Å². The Morgan fingerprint density at radius 3 is 1.70 bits per heavy atom. The lowest BCUT2D eigenvalue weighted by Gasteiger charge is -2.39. The molecule has 10 nitrogen and oxygen atoms in total. The number of aryl methyl sites for hydroxylation is 4. The minimum atomic E-state index is -1.37. The third-order valence-corrected chi connectivity index (χ3v) is 11.1. The number of esters is 1. The number of cyclic esters (lactones) is 1. The Kier molecular flexibility index (Phi) is 20.5. The topological polar surface area (TPSA) is 143 Å². The molecule has 2 amide bonds. The summed E-state index contributed by atoms with van der Waals surface area (Å²) < 4.78 is 16.0. The number of benzene rings is 2. The molecule has 0 saturated carbocycles. The highest BCUT2D eigenvalue weighted by atomic mass is 16.6. The van der Waals surface area contributed by atoms with E-state index in [0.717, 1.165) is 36.8 Å². The summed E-state index contributed by atoms with van der Waals surface area (Å²) in [6.45, 7) is 3.79. The van der Waals surface area contributed by atoms with Crippen molar-refractivity contribution in [2.24, 2.45) is 5.41 Å². The zero-order chi connectivity index (χ0) is 39.1. The molecule has 1 saturated heterocycles. The Morgan fingerprint density at radius 1 is 0.741 bits per heavy atom. The molecule has 54 heavy (non-hydrogen) atoms. The van der Waals surface area contributed by atoms with Gasteiger partial charge < -0.3 is 29.7 Å². The van der Waals surface area contributed by atoms with Crippen LogP contribution in [0.1, 0.15) is 139 Å². The van der Waals surface area contributed by atoms with Gasteiger partial charge in [-0.05, 0) is 80.0 Å². The molecule has 1 aliphatic heterocycles. The Labute approximate surface area is 324 Å². The number of unbranched alkanes of at least 4 members (excludes halogenated alkanes) is 10. The van der Waals surface area contributed by atoms with Gasteiger partial charge in [-0.3, -0.25) is 5.32 Å². The summed E-state index contributed by atoms with van der Waals surface area (Å²) in [7, 11) is 1.19. The molecule has 0 spiro atoms. The van der Waals surface area contributed by atoms with Crippen molar-refractivity contribution in [2.45, 2.75) is 154 Å². The van der Waals surface area contributed by atoms with Crippen molar-refractivity contribution in [3.05, 3.63) is 70.8 Å². The number of carbonyl (C=O) groups excluding carboxylic acids is 3. The quantitative estimate of drug-likeness (QED) is 0.0308. The van der Waals surface area contributed by atoms with E-state index >= 15 is 0 Å². The number of amides is 2. The highest BCUT2D eigenvalue weighted by Gasteiger charge is 2.48. The van der Waals surface area contributed by atoms with E-state index in [4.69, 9.17) is 14.2 Å². The second-order valence-corrected chi connectivity index (χ2v) is 15.2. The van der Waals surface area contributed by atoms with Gasteiger partial charge in [-0.25, -0.2) is 14.4 Å². The first-order valence-electron chi connectivity index (χ1n) is 20.6. The number of ether oxygens (including phenoxy) is 3. The first-order valence-corrected chi connectivity index (χ1v) is 20.6. The van der Waals surface area contributed by atoms with Gasteiger partial charge in [0.05, 0.1) is 25.7 Å². The number of methoxy groups -OCH3 is 1. The van der Waals surface area contributed by atoms with Crippen LogP contribution in [0.4, 0.5) is 9.59 Å². The molecule has 0 radical (unpaired) electrons. The molecule has 2 aromatic carbocycles. The fraction of sp³-hybridized carbons (Fsp3) is 0.659. The van der Waals surface area contributed by atoms with E-state index < -0.39 is 41.9 Å². The first kappa shape index (κ1) is 44.8. The molecule has 0 aliphatic carbocycles. The predicted molar refractivity (Wildman–Crippen MR) is 212 cm³/mol. The predicted octanol–water partition coefficient (Wildman–Crippen LogP) is 8.51. The second-order valence-electron chi connectivity index (χ2n) is 15.2. The number of rotatable bonds is 27. The van der Waals surface area contributed by atoms with E-state index in [-0.39, 0.29) is 32.5 Å². The number of aliphatic hydroxyl groups is 2. The summed E-state index contributed by atoms with van der Waals surface area (Å²) in [6, 6.07) is 16.8. The SMILES string of the molecule is CCCCCCCCc1ccc(CCC2(NC(=O)OC(NC(=O)OC)C(CO)(CCO)CCc3ccc(CCCCCCCC)cc3)CCOC2=O)cc1. The monoisotopic (exact) mass is 752 g/mol. The molecule has 302 valence electrons. The first-order chi connectivity index (χ1) is 26.2. The van der Waals surface area contributed by atoms with Crippen LogP contribution in [0.15, 0.2) is 48.5 Å². The van der Waals surface area contributed by atoms with Crippen LogP contribution < -0.4 is 10.6 Å². The molecular formula is C44H68N2O8. The zero-order valence-corrected chi connectivity index (χ0v) is 33.3. The number of aliphatic hydroxyl groups excluding tert-OH is 2. The third kappa shape index (κ3) is 14.9. The highest BCUT2D eigenvalue weighted by molar-refractivity contribution is 5.87. The second kappa shape index (κ2) is 24.7. The Balaban J connectivity index is 1.65. The molecule has 1 fully saturated rings. The van der Waals surface area contributed by atoms with Crippen LogP contribution in [-0.4, -0.2) is 67.1 Å². The van der Waals surface area contributed by atoms with E-state index in [2.05, 4.69) is 73.0 Å². The van der Waals surface area contributed by atoms with Gasteiger partial charge in [0, 0.05) is 13.0 Å². The highest BCUT2D eigenvalue weighted by Crippen LogP contribution is 2.34. The normalized spacial score (nSPS) is 17.0. The fourth-order valence-corrected chi connectivity index (χ4v) is 7.33. The minimum absolute atomic E-state index is 0.0313. The molecule has 2 aromatic rings. The maximum absolute atomic E-state index is 13.6. The summed E-state index contributed by atoms with van der Waals surface area (Å²) in [5.41, 5.74) is 2.03. The molecule has 0 aromatic heterocycles. The molecule has 10 heteroatoms. The van der Waals surface area contributed by atoms with Gasteiger partial charge in [-0.1, -0.05) is 127 Å². The van der Waals surface area contributed by atoms with E-state index in [0.29, 0.717) is 19.3 Å². The number of hydrogen-bond acceptors (Lipinski definition) is 8. The molecule has 3 unspecified atom stereocenters. The van der Waals surface area contributed by atoms with Crippen molar-refractivity contribution >= 4 is 18.2 Å². The van der Waals surface area contributed by atoms with Crippen LogP contribution in [-0.2, 0) is 44.7 Å². The van der Waals surface area contributed by atoms with Gasteiger partial charge in [0.2, 0.25) is 0 Å². The Morgan fingerprint density at radius 2 is 1.24 bits per heavy atom. The maximum Gasteiger partial charge on any atom is 0.410 e. The lowest BCUT2D eigenvalue weighted by Crippen LogP contribution is -2.57. The van der Waals surface area contributed by atoms with Gasteiger partial charge in [0.25, 0.3) is 0 Å². The average molecular weight is 753 g/mol. The average Bonchev–Trinajstić information content (AvgIpc) is 3.54. The lowest BCUT2D eigenvalue weighted by molar-refractivity contribution is -0.143. The van der Waals surface area contributed by atoms with Crippen molar-refractivity contribution in [1.29, 1.82) is 0 Å². The number of alkyl carbamates (subject to hydrolysis) is 2. The van der Waals surface area contributed by atoms with Crippen LogP contribution in [0.3, 0.4) is 0 Å². The summed E-state index contributed by atoms with van der Waals surface area (Å²) in [6.07, 6.45) is 15.7. The molecule has 0 bridgehead atoms. The molecule has 3 atom stereocenters. The van der Waals surface area contributed by atoms with E-state index in [1.807, 2.05) is 0 Å². The number of carbonyl (C=O) groups is 3. The standard InChI is InChI=1S/C44H68N2O8/c1-4-6-8-10-12-14-16-35-18-22-37(23-19-35)26-28-43(34-48,30-32-47)39(45-41(50)52-3)54-42(51)46-44(31-33-53-40(44)49)29-27-38-24-20-36(21-25-38)17-15-13-11-9-7-5-2/h18-25,39,47-48H,4-17,26-34H2,1-3H3,(H,45,50)(H,46,51). The summed E-state index contributed by atoms with van der Waals surface area (Å²) >= 11 is 0. The van der Waals surface area contributed by atoms with E-state index in [1.165, 1.54) is 82.4 Å². The van der Waals surface area contributed by atoms with Crippen LogP contribution in [0, 0.1) is 5.41 Å². The smallest absolute Gasteiger partial charge is 0.410 e. The van der Waals surface area contributed by atoms with E-state index in [9.17, 15) is 24.6 Å². The van der Waals surface area contributed by atoms with Gasteiger partial charge in [-0.2, -0.15) is 0 Å². The number of hydrogen-bond donors (Lipinski definition) is 4. The van der Waals surface area contributed by atoms with Crippen molar-refractivity contribution in [1.82, 2.24) is 10.6 Å².